The van der Waals surface area contributed by atoms with E-state index in [9.17, 15) is 5.26 Å². The molecule has 0 aliphatic heterocycles. The van der Waals surface area contributed by atoms with E-state index in [1.54, 1.807) is 32.4 Å². The van der Waals surface area contributed by atoms with E-state index in [0.717, 1.165) is 25.6 Å². The Bertz CT molecular complexity index is 1180. The monoisotopic (exact) mass is 571 g/mol. The second-order valence-corrected chi connectivity index (χ2v) is 8.69. The van der Waals surface area contributed by atoms with Crippen molar-refractivity contribution in [1.29, 1.82) is 5.26 Å². The molecule has 0 spiro atoms. The highest BCUT2D eigenvalue weighted by molar-refractivity contribution is 9.10. The lowest BCUT2D eigenvalue weighted by molar-refractivity contribution is 0.267. The summed E-state index contributed by atoms with van der Waals surface area (Å²) in [5.41, 5.74) is 3.04. The normalized spacial score (nSPS) is 11.0. The van der Waals surface area contributed by atoms with Gasteiger partial charge in [0.25, 0.3) is 0 Å². The van der Waals surface area contributed by atoms with E-state index < -0.39 is 0 Å². The third kappa shape index (κ3) is 6.31. The van der Waals surface area contributed by atoms with Crippen molar-refractivity contribution in [1.82, 2.24) is 0 Å². The third-order valence-corrected chi connectivity index (χ3v) is 5.87. The Morgan fingerprint density at radius 2 is 1.64 bits per heavy atom. The largest absolute Gasteiger partial charge is 0.493 e. The van der Waals surface area contributed by atoms with Gasteiger partial charge in [0.05, 0.1) is 36.9 Å². The summed E-state index contributed by atoms with van der Waals surface area (Å²) in [5, 5.41) is 9.80. The minimum Gasteiger partial charge on any atom is -0.493 e. The fourth-order valence-electron chi connectivity index (χ4n) is 3.16. The van der Waals surface area contributed by atoms with Crippen LogP contribution in [0.1, 0.15) is 23.6 Å². The summed E-state index contributed by atoms with van der Waals surface area (Å²) in [6.07, 6.45) is 1.80. The summed E-state index contributed by atoms with van der Waals surface area (Å²) in [4.78, 5) is 0. The fourth-order valence-corrected chi connectivity index (χ4v) is 4.00. The van der Waals surface area contributed by atoms with E-state index in [4.69, 9.17) is 18.9 Å². The Hall–Kier alpha value is -2.95. The zero-order chi connectivity index (χ0) is 23.8. The van der Waals surface area contributed by atoms with Gasteiger partial charge in [0, 0.05) is 4.47 Å². The molecule has 0 aliphatic carbocycles. The van der Waals surface area contributed by atoms with Crippen molar-refractivity contribution >= 4 is 43.5 Å². The number of rotatable bonds is 9. The standard InChI is InChI=1S/C26H23Br2NO4/c1-4-32-25-13-18(11-20(15-29)19-7-10-23(30-2)24(14-19)31-3)12-22(28)26(25)33-16-17-5-8-21(27)9-6-17/h5-14H,4,16H2,1-3H3/b20-11+. The van der Waals surface area contributed by atoms with E-state index in [0.29, 0.717) is 41.8 Å². The van der Waals surface area contributed by atoms with Crippen molar-refractivity contribution in [3.63, 3.8) is 0 Å². The predicted molar refractivity (Wildman–Crippen MR) is 137 cm³/mol. The number of halogens is 2. The number of allylic oxidation sites excluding steroid dienone is 1. The molecule has 0 fully saturated rings. The van der Waals surface area contributed by atoms with Crippen molar-refractivity contribution in [2.45, 2.75) is 13.5 Å². The van der Waals surface area contributed by atoms with Crippen molar-refractivity contribution in [3.8, 4) is 29.1 Å². The second kappa shape index (κ2) is 11.8. The van der Waals surface area contributed by atoms with E-state index in [1.165, 1.54) is 0 Å². The fraction of sp³-hybridized carbons (Fsp3) is 0.192. The lowest BCUT2D eigenvalue weighted by atomic mass is 10.0. The van der Waals surface area contributed by atoms with E-state index >= 15 is 0 Å². The zero-order valence-corrected chi connectivity index (χ0v) is 21.7. The molecular weight excluding hydrogens is 550 g/mol. The zero-order valence-electron chi connectivity index (χ0n) is 18.5. The first kappa shape index (κ1) is 24.7. The molecule has 0 aliphatic rings. The van der Waals surface area contributed by atoms with E-state index in [2.05, 4.69) is 37.9 Å². The van der Waals surface area contributed by atoms with Gasteiger partial charge in [-0.1, -0.05) is 28.1 Å². The van der Waals surface area contributed by atoms with Gasteiger partial charge in [0.15, 0.2) is 23.0 Å². The molecule has 3 aromatic carbocycles. The predicted octanol–water partition coefficient (Wildman–Crippen LogP) is 7.27. The molecular formula is C26H23Br2NO4. The molecule has 0 aromatic heterocycles. The molecule has 5 nitrogen and oxygen atoms in total. The SMILES string of the molecule is CCOc1cc(/C=C(\C#N)c2ccc(OC)c(OC)c2)cc(Br)c1OCc1ccc(Br)cc1. The Morgan fingerprint density at radius 3 is 2.27 bits per heavy atom. The van der Waals surface area contributed by atoms with E-state index in [1.807, 2.05) is 49.4 Å². The lowest BCUT2D eigenvalue weighted by Gasteiger charge is -2.15. The molecule has 0 atom stereocenters. The maximum atomic E-state index is 9.80. The Labute approximate surface area is 210 Å². The van der Waals surface area contributed by atoms with Crippen molar-refractivity contribution in [3.05, 3.63) is 80.2 Å². The van der Waals surface area contributed by atoms with Gasteiger partial charge in [0.2, 0.25) is 0 Å². The van der Waals surface area contributed by atoms with Crippen LogP contribution >= 0.6 is 31.9 Å². The molecule has 3 rings (SSSR count). The van der Waals surface area contributed by atoms with Crippen LogP contribution < -0.4 is 18.9 Å². The molecule has 0 unspecified atom stereocenters. The number of hydrogen-bond acceptors (Lipinski definition) is 5. The molecule has 0 saturated carbocycles. The van der Waals surface area contributed by atoms with Gasteiger partial charge < -0.3 is 18.9 Å². The molecule has 7 heteroatoms. The first-order valence-corrected chi connectivity index (χ1v) is 11.8. The van der Waals surface area contributed by atoms with Gasteiger partial charge in [-0.25, -0.2) is 0 Å². The quantitative estimate of drug-likeness (QED) is 0.199. The number of methoxy groups -OCH3 is 2. The number of nitriles is 1. The van der Waals surface area contributed by atoms with Crippen LogP contribution in [0.5, 0.6) is 23.0 Å². The average Bonchev–Trinajstić information content (AvgIpc) is 2.82. The molecule has 0 amide bonds. The molecule has 0 bridgehead atoms. The third-order valence-electron chi connectivity index (χ3n) is 4.75. The van der Waals surface area contributed by atoms with Crippen LogP contribution in [0.25, 0.3) is 11.6 Å². The molecule has 33 heavy (non-hydrogen) atoms. The summed E-state index contributed by atoms with van der Waals surface area (Å²) in [5.74, 6) is 2.37. The van der Waals surface area contributed by atoms with Gasteiger partial charge in [-0.15, -0.1) is 0 Å². The first-order chi connectivity index (χ1) is 16.0. The highest BCUT2D eigenvalue weighted by atomic mass is 79.9. The Kier molecular flexibility index (Phi) is 8.81. The summed E-state index contributed by atoms with van der Waals surface area (Å²) < 4.78 is 24.3. The number of ether oxygens (including phenoxy) is 4. The highest BCUT2D eigenvalue weighted by Gasteiger charge is 2.14. The van der Waals surface area contributed by atoms with Gasteiger partial charge in [0.1, 0.15) is 6.61 Å². The molecule has 0 heterocycles. The minimum atomic E-state index is 0.399. The molecule has 170 valence electrons. The van der Waals surface area contributed by atoms with Crippen LogP contribution in [0.4, 0.5) is 0 Å². The molecule has 0 radical (unpaired) electrons. The van der Waals surface area contributed by atoms with Crippen molar-refractivity contribution in [2.24, 2.45) is 0 Å². The Balaban J connectivity index is 1.93. The average molecular weight is 573 g/mol. The summed E-state index contributed by atoms with van der Waals surface area (Å²) in [6.45, 7) is 2.80. The van der Waals surface area contributed by atoms with Crippen LogP contribution in [0, 0.1) is 11.3 Å². The smallest absolute Gasteiger partial charge is 0.175 e. The summed E-state index contributed by atoms with van der Waals surface area (Å²) >= 11 is 7.04. The number of benzene rings is 3. The lowest BCUT2D eigenvalue weighted by Crippen LogP contribution is -2.01. The summed E-state index contributed by atoms with van der Waals surface area (Å²) in [7, 11) is 3.14. The van der Waals surface area contributed by atoms with Gasteiger partial charge in [-0.05, 0) is 88.1 Å². The maximum Gasteiger partial charge on any atom is 0.175 e. The molecule has 0 saturated heterocycles. The van der Waals surface area contributed by atoms with Crippen molar-refractivity contribution in [2.75, 3.05) is 20.8 Å². The molecule has 3 aromatic rings. The van der Waals surface area contributed by atoms with Crippen LogP contribution in [-0.4, -0.2) is 20.8 Å². The number of hydrogen-bond donors (Lipinski definition) is 0. The minimum absolute atomic E-state index is 0.399. The van der Waals surface area contributed by atoms with Crippen LogP contribution in [0.15, 0.2) is 63.5 Å². The number of nitrogens with zero attached hydrogens (tertiary/aromatic N) is 1. The van der Waals surface area contributed by atoms with Crippen LogP contribution in [0.2, 0.25) is 0 Å². The topological polar surface area (TPSA) is 60.7 Å². The second-order valence-electron chi connectivity index (χ2n) is 6.92. The molecule has 0 N–H and O–H groups in total. The van der Waals surface area contributed by atoms with Crippen LogP contribution in [0.3, 0.4) is 0 Å². The van der Waals surface area contributed by atoms with Crippen LogP contribution in [-0.2, 0) is 6.61 Å². The van der Waals surface area contributed by atoms with Gasteiger partial charge in [-0.2, -0.15) is 5.26 Å². The first-order valence-electron chi connectivity index (χ1n) is 10.2. The summed E-state index contributed by atoms with van der Waals surface area (Å²) in [6, 6.07) is 19.4. The highest BCUT2D eigenvalue weighted by Crippen LogP contribution is 2.39. The van der Waals surface area contributed by atoms with Gasteiger partial charge in [-0.3, -0.25) is 0 Å². The van der Waals surface area contributed by atoms with Gasteiger partial charge >= 0.3 is 0 Å². The maximum absolute atomic E-state index is 9.80. The Morgan fingerprint density at radius 1 is 0.909 bits per heavy atom. The van der Waals surface area contributed by atoms with Crippen molar-refractivity contribution < 1.29 is 18.9 Å². The van der Waals surface area contributed by atoms with E-state index in [-0.39, 0.29) is 0 Å².